The van der Waals surface area contributed by atoms with E-state index in [4.69, 9.17) is 9.47 Å². The van der Waals surface area contributed by atoms with E-state index in [-0.39, 0.29) is 184 Å². The molecule has 7 rings (SSSR count). The first kappa shape index (κ1) is 39.5. The number of phenolic OH excluding ortho intramolecular Hbond substituents is 2. The normalized spacial score (nSPS) is 19.2. The van der Waals surface area contributed by atoms with Crippen molar-refractivity contribution in [2.45, 2.75) is 21.9 Å². The van der Waals surface area contributed by atoms with Gasteiger partial charge in [-0.05, 0) is 42.0 Å². The Bertz CT molecular complexity index is 1800. The van der Waals surface area contributed by atoms with Gasteiger partial charge in [0, 0.05) is 172 Å². The van der Waals surface area contributed by atoms with E-state index in [0.717, 1.165) is 16.7 Å². The summed E-state index contributed by atoms with van der Waals surface area (Å²) in [6, 6.07) is 13.2. The number of fused-ring (bicyclic) bond motifs is 7. The molecule has 0 aromatic heterocycles. The molecule has 4 aliphatic heterocycles. The number of aliphatic hydroxyl groups is 1. The predicted octanol–water partition coefficient (Wildman–Crippen LogP) is 2.49. The summed E-state index contributed by atoms with van der Waals surface area (Å²) in [7, 11) is 0. The molecule has 4 aliphatic rings. The molecule has 12 nitrogen and oxygen atoms in total. The number of hydrogen-bond donors (Lipinski definition) is 5. The number of β-lactam (4-membered cyclic amide) rings is 1. The molecular formula is C30H22Ac3N2O10S2. The summed E-state index contributed by atoms with van der Waals surface area (Å²) in [4.78, 5) is 52.2. The predicted molar refractivity (Wildman–Crippen MR) is 156 cm³/mol. The molecule has 1 saturated heterocycles. The number of phenols is 2. The van der Waals surface area contributed by atoms with Crippen LogP contribution in [0, 0.1) is 132 Å². The molecule has 3 radical (unpaired) electrons. The zero-order valence-corrected chi connectivity index (χ0v) is 40.1. The van der Waals surface area contributed by atoms with Crippen molar-refractivity contribution in [3.63, 3.8) is 0 Å². The molecule has 47 heavy (non-hydrogen) atoms. The van der Waals surface area contributed by atoms with Crippen molar-refractivity contribution in [2.75, 3.05) is 18.1 Å². The van der Waals surface area contributed by atoms with E-state index in [1.54, 1.807) is 30.3 Å². The van der Waals surface area contributed by atoms with E-state index < -0.39 is 47.4 Å². The zero-order valence-electron chi connectivity index (χ0n) is 24.2. The summed E-state index contributed by atoms with van der Waals surface area (Å²) in [6.07, 6.45) is 0. The van der Waals surface area contributed by atoms with Crippen LogP contribution in [-0.2, 0) is 24.7 Å². The van der Waals surface area contributed by atoms with Crippen LogP contribution >= 0.6 is 23.5 Å². The number of aromatic hydroxyl groups is 2. The van der Waals surface area contributed by atoms with Crippen LogP contribution in [0.2, 0.25) is 0 Å². The molecule has 2 atom stereocenters. The van der Waals surface area contributed by atoms with Crippen molar-refractivity contribution in [1.29, 1.82) is 0 Å². The molecule has 3 aromatic rings. The fourth-order valence-corrected chi connectivity index (χ4v) is 8.02. The first-order chi connectivity index (χ1) is 21.1. The van der Waals surface area contributed by atoms with Gasteiger partial charge in [0.05, 0.1) is 17.9 Å². The maximum Gasteiger partial charge on any atom is 0.352 e. The van der Waals surface area contributed by atoms with Crippen LogP contribution in [0.15, 0.2) is 70.8 Å². The molecule has 4 heterocycles. The second-order valence-corrected chi connectivity index (χ2v) is 12.6. The number of carboxylic acids is 1. The quantitative estimate of drug-likeness (QED) is 0.139. The minimum atomic E-state index is -1.40. The van der Waals surface area contributed by atoms with Crippen LogP contribution in [0.3, 0.4) is 0 Å². The third-order valence-corrected chi connectivity index (χ3v) is 10.2. The Kier molecular flexibility index (Phi) is 13.0. The number of nitrogens with zero attached hydrogens (tertiary/aromatic N) is 1. The second-order valence-electron chi connectivity index (χ2n) is 10.4. The number of benzene rings is 3. The number of esters is 1. The molecule has 2 unspecified atom stereocenters. The number of rotatable bonds is 6. The fraction of sp³-hybridized carbons (Fsp3) is 0.200. The zero-order chi connectivity index (χ0) is 30.9. The Labute approximate surface area is 383 Å². The van der Waals surface area contributed by atoms with Crippen LogP contribution in [0.5, 0.6) is 23.0 Å². The summed E-state index contributed by atoms with van der Waals surface area (Å²) in [5.74, 6) is -2.36. The van der Waals surface area contributed by atoms with Crippen molar-refractivity contribution >= 4 is 47.3 Å². The van der Waals surface area contributed by atoms with Crippen molar-refractivity contribution in [3.05, 3.63) is 88.1 Å². The van der Waals surface area contributed by atoms with E-state index in [1.165, 1.54) is 36.0 Å². The molecule has 17 heteroatoms. The van der Waals surface area contributed by atoms with Gasteiger partial charge in [0.15, 0.2) is 5.60 Å². The van der Waals surface area contributed by atoms with Crippen LogP contribution in [-0.4, -0.2) is 78.6 Å². The summed E-state index contributed by atoms with van der Waals surface area (Å²) >= 11 is 2.41. The number of amides is 2. The Balaban J connectivity index is 0.00000167. The first-order valence-electron chi connectivity index (χ1n) is 13.3. The average Bonchev–Trinajstić information content (AvgIpc) is 3.29. The second kappa shape index (κ2) is 15.5. The van der Waals surface area contributed by atoms with Gasteiger partial charge >= 0.3 is 11.9 Å². The largest absolute Gasteiger partial charge is 0.508 e. The average molecular weight is 1320 g/mol. The minimum Gasteiger partial charge on any atom is -0.508 e. The number of carbonyl (C=O) groups is 4. The van der Waals surface area contributed by atoms with E-state index >= 15 is 0 Å². The van der Waals surface area contributed by atoms with Crippen LogP contribution < -0.4 is 10.1 Å². The van der Waals surface area contributed by atoms with Gasteiger partial charge in [-0.1, -0.05) is 6.07 Å². The minimum absolute atomic E-state index is 0. The number of nitrogens with one attached hydrogen (secondary N) is 1. The number of carboxylic acid groups (broad SMARTS) is 1. The summed E-state index contributed by atoms with van der Waals surface area (Å²) in [5.41, 5.74) is 0.383. The maximum atomic E-state index is 13.3. The Morgan fingerprint density at radius 2 is 1.57 bits per heavy atom. The third kappa shape index (κ3) is 6.74. The number of aliphatic carboxylic acids is 1. The van der Waals surface area contributed by atoms with Crippen LogP contribution in [0.4, 0.5) is 0 Å². The standard InChI is InChI=1S/C30H22N2O10S2.3Ac/c33-10-13-11-44-27-24(26(37)32(27)25(13)28(38)39)31-23(36)12-43-16-3-6-18-17(9-16)29(40)42-30(18)19-4-1-14(34)7-21(19)41-22-8-15(35)2-5-20(22)30;;;/h1-9,24,27,33-35H,10-12H2,(H,31,36)(H,38,39);;;. The van der Waals surface area contributed by atoms with E-state index in [0.29, 0.717) is 21.6 Å². The van der Waals surface area contributed by atoms with E-state index in [2.05, 4.69) is 5.32 Å². The molecule has 3 aromatic carbocycles. The number of ether oxygens (including phenoxy) is 2. The van der Waals surface area contributed by atoms with Gasteiger partial charge in [-0.15, -0.1) is 23.5 Å². The van der Waals surface area contributed by atoms with Gasteiger partial charge in [-0.2, -0.15) is 0 Å². The Hall–Kier alpha value is -0.335. The van der Waals surface area contributed by atoms with E-state index in [9.17, 15) is 39.6 Å². The van der Waals surface area contributed by atoms with Crippen molar-refractivity contribution < 1.29 is 181 Å². The van der Waals surface area contributed by atoms with Crippen LogP contribution in [0.1, 0.15) is 27.0 Å². The van der Waals surface area contributed by atoms with Gasteiger partial charge in [-0.3, -0.25) is 14.5 Å². The molecule has 0 saturated carbocycles. The molecule has 5 N–H and O–H groups in total. The molecule has 1 spiro atoms. The van der Waals surface area contributed by atoms with Crippen LogP contribution in [0.25, 0.3) is 0 Å². The van der Waals surface area contributed by atoms with Crippen molar-refractivity contribution in [1.82, 2.24) is 10.2 Å². The number of carbonyl (C=O) groups excluding carboxylic acids is 3. The topological polar surface area (TPSA) is 183 Å². The number of aliphatic hydroxyl groups excluding tert-OH is 1. The van der Waals surface area contributed by atoms with Gasteiger partial charge < -0.3 is 35.2 Å². The smallest absolute Gasteiger partial charge is 0.352 e. The molecule has 0 aliphatic carbocycles. The summed E-state index contributed by atoms with van der Waals surface area (Å²) < 4.78 is 12.0. The van der Waals surface area contributed by atoms with Gasteiger partial charge in [0.25, 0.3) is 5.91 Å². The number of thioether (sulfide) groups is 2. The SMILES string of the molecule is O=C(CSc1ccc2c(c1)C(=O)OC21c2ccc(O)cc2Oc2cc(O)ccc21)NC1C(=O)N2C(C(=O)O)=C(CO)CSC12.[Ac].[Ac].[Ac]. The maximum absolute atomic E-state index is 13.3. The van der Waals surface area contributed by atoms with Crippen molar-refractivity contribution in [3.8, 4) is 23.0 Å². The molecule has 233 valence electrons. The molecule has 0 bridgehead atoms. The Morgan fingerprint density at radius 3 is 2.17 bits per heavy atom. The monoisotopic (exact) mass is 1320 g/mol. The number of hydrogen-bond acceptors (Lipinski definition) is 11. The van der Waals surface area contributed by atoms with Gasteiger partial charge in [0.2, 0.25) is 5.91 Å². The molecule has 2 amide bonds. The van der Waals surface area contributed by atoms with Gasteiger partial charge in [0.1, 0.15) is 40.1 Å². The summed E-state index contributed by atoms with van der Waals surface area (Å²) in [6.45, 7) is -0.478. The third-order valence-electron chi connectivity index (χ3n) is 7.87. The van der Waals surface area contributed by atoms with Gasteiger partial charge in [-0.25, -0.2) is 9.59 Å². The van der Waals surface area contributed by atoms with Crippen molar-refractivity contribution in [2.24, 2.45) is 0 Å². The first-order valence-corrected chi connectivity index (χ1v) is 15.3. The fourth-order valence-electron chi connectivity index (χ4n) is 5.94. The summed E-state index contributed by atoms with van der Waals surface area (Å²) in [5, 5.41) is 41.2. The Morgan fingerprint density at radius 1 is 0.957 bits per heavy atom. The van der Waals surface area contributed by atoms with E-state index in [1.807, 2.05) is 0 Å². The molecular weight excluding hydrogens is 1290 g/mol. The molecule has 1 fully saturated rings.